The van der Waals surface area contributed by atoms with Gasteiger partial charge >= 0.3 is 0 Å². The van der Waals surface area contributed by atoms with Gasteiger partial charge in [0.25, 0.3) is 0 Å². The maximum Gasteiger partial charge on any atom is 0.139 e. The number of fused-ring (bicyclic) bond motifs is 2. The van der Waals surface area contributed by atoms with Crippen LogP contribution in [0.2, 0.25) is 10.0 Å². The fraction of sp³-hybridized carbons (Fsp3) is 0.632. The van der Waals surface area contributed by atoms with Crippen LogP contribution in [0.3, 0.4) is 0 Å². The normalized spacial score (nSPS) is 12.0. The van der Waals surface area contributed by atoms with Crippen LogP contribution >= 0.6 is 23.2 Å². The summed E-state index contributed by atoms with van der Waals surface area (Å²) in [6.45, 7) is 20.4. The first-order chi connectivity index (χ1) is 21.0. The molecule has 0 radical (unpaired) electrons. The van der Waals surface area contributed by atoms with E-state index < -0.39 is 0 Å². The largest absolute Gasteiger partial charge is 0.493 e. The summed E-state index contributed by atoms with van der Waals surface area (Å²) >= 11 is 13.3. The Kier molecular flexibility index (Phi) is 15.1. The lowest BCUT2D eigenvalue weighted by Crippen LogP contribution is -2.07. The van der Waals surface area contributed by atoms with E-state index in [-0.39, 0.29) is 0 Å². The molecule has 0 spiro atoms. The predicted octanol–water partition coefficient (Wildman–Crippen LogP) is 12.6. The molecular weight excluding hydrogens is 591 g/mol. The van der Waals surface area contributed by atoms with Gasteiger partial charge in [0.15, 0.2) is 0 Å². The van der Waals surface area contributed by atoms with Crippen LogP contribution in [0.25, 0.3) is 21.5 Å². The van der Waals surface area contributed by atoms with Crippen molar-refractivity contribution >= 4 is 44.7 Å². The van der Waals surface area contributed by atoms with Gasteiger partial charge in [0.1, 0.15) is 23.0 Å². The Morgan fingerprint density at radius 3 is 1.07 bits per heavy atom. The number of hydrogen-bond donors (Lipinski definition) is 0. The zero-order chi connectivity index (χ0) is 32.2. The molecule has 0 aliphatic carbocycles. The minimum atomic E-state index is 0.483. The topological polar surface area (TPSA) is 36.9 Å². The Balaban J connectivity index is 2.25. The SMILES string of the molecule is CC(C)CCCOc1ccc(OCCCC(C)C)c2c(OCCCC(C)C)c3cc(Cl)c(Cl)cc3c(OCCCC(C)C)c12. The molecule has 0 aliphatic heterocycles. The second-order valence-corrected chi connectivity index (χ2v) is 14.6. The molecule has 0 saturated heterocycles. The predicted molar refractivity (Wildman–Crippen MR) is 190 cm³/mol. The number of rotatable bonds is 20. The van der Waals surface area contributed by atoms with Crippen molar-refractivity contribution in [1.82, 2.24) is 0 Å². The number of hydrogen-bond acceptors (Lipinski definition) is 4. The van der Waals surface area contributed by atoms with Gasteiger partial charge in [-0.05, 0) is 99.3 Å². The Hall–Kier alpha value is -2.04. The molecule has 4 nitrogen and oxygen atoms in total. The zero-order valence-corrected chi connectivity index (χ0v) is 30.0. The van der Waals surface area contributed by atoms with Crippen LogP contribution in [0.4, 0.5) is 0 Å². The molecule has 0 heterocycles. The Morgan fingerprint density at radius 2 is 0.773 bits per heavy atom. The summed E-state index contributed by atoms with van der Waals surface area (Å²) in [5.74, 6) is 5.50. The molecule has 0 saturated carbocycles. The van der Waals surface area contributed by atoms with Crippen LogP contribution in [0.1, 0.15) is 107 Å². The van der Waals surface area contributed by atoms with Crippen LogP contribution in [-0.4, -0.2) is 26.4 Å². The third kappa shape index (κ3) is 10.8. The zero-order valence-electron chi connectivity index (χ0n) is 28.5. The maximum atomic E-state index is 6.69. The highest BCUT2D eigenvalue weighted by Gasteiger charge is 2.25. The smallest absolute Gasteiger partial charge is 0.139 e. The molecule has 246 valence electrons. The lowest BCUT2D eigenvalue weighted by atomic mass is 9.98. The Morgan fingerprint density at radius 1 is 0.477 bits per heavy atom. The number of halogens is 2. The maximum absolute atomic E-state index is 6.69. The van der Waals surface area contributed by atoms with Crippen molar-refractivity contribution in [3.8, 4) is 23.0 Å². The first-order valence-electron chi connectivity index (χ1n) is 16.9. The van der Waals surface area contributed by atoms with Gasteiger partial charge in [0.05, 0.1) is 47.2 Å². The molecule has 0 bridgehead atoms. The van der Waals surface area contributed by atoms with E-state index >= 15 is 0 Å². The van der Waals surface area contributed by atoms with Crippen molar-refractivity contribution in [3.63, 3.8) is 0 Å². The van der Waals surface area contributed by atoms with Crippen molar-refractivity contribution in [2.75, 3.05) is 26.4 Å². The second-order valence-electron chi connectivity index (χ2n) is 13.8. The summed E-state index contributed by atoms with van der Waals surface area (Å²) in [7, 11) is 0. The van der Waals surface area contributed by atoms with Crippen molar-refractivity contribution in [2.45, 2.75) is 107 Å². The standard InChI is InChI=1S/C38H56Cl2O4/c1-25(2)13-9-19-41-33-17-18-34(42-20-10-14-26(3)4)36-35(33)37(43-21-11-15-27(5)6)29-23-31(39)32(40)24-30(29)38(36)44-22-12-16-28(7)8/h17-18,23-28H,9-16,19-22H2,1-8H3. The van der Waals surface area contributed by atoms with E-state index in [1.54, 1.807) is 0 Å². The van der Waals surface area contributed by atoms with Crippen molar-refractivity contribution in [3.05, 3.63) is 34.3 Å². The molecular formula is C38H56Cl2O4. The minimum absolute atomic E-state index is 0.483. The number of benzene rings is 3. The molecule has 0 amide bonds. The van der Waals surface area contributed by atoms with E-state index in [1.807, 2.05) is 24.3 Å². The molecule has 6 heteroatoms. The molecule has 0 fully saturated rings. The van der Waals surface area contributed by atoms with E-state index in [0.29, 0.717) is 60.1 Å². The minimum Gasteiger partial charge on any atom is -0.493 e. The van der Waals surface area contributed by atoms with Crippen LogP contribution in [0, 0.1) is 23.7 Å². The van der Waals surface area contributed by atoms with Gasteiger partial charge < -0.3 is 18.9 Å². The second kappa shape index (κ2) is 18.2. The van der Waals surface area contributed by atoms with Gasteiger partial charge in [0, 0.05) is 10.8 Å². The van der Waals surface area contributed by atoms with Crippen LogP contribution in [0.15, 0.2) is 24.3 Å². The number of ether oxygens (including phenoxy) is 4. The fourth-order valence-electron chi connectivity index (χ4n) is 5.43. The van der Waals surface area contributed by atoms with Crippen molar-refractivity contribution < 1.29 is 18.9 Å². The summed E-state index contributed by atoms with van der Waals surface area (Å²) in [6, 6.07) is 7.89. The van der Waals surface area contributed by atoms with Gasteiger partial charge in [-0.15, -0.1) is 0 Å². The third-order valence-electron chi connectivity index (χ3n) is 7.84. The molecule has 0 unspecified atom stereocenters. The highest BCUT2D eigenvalue weighted by atomic mass is 35.5. The highest BCUT2D eigenvalue weighted by molar-refractivity contribution is 6.43. The van der Waals surface area contributed by atoms with Gasteiger partial charge in [-0.25, -0.2) is 0 Å². The van der Waals surface area contributed by atoms with Crippen molar-refractivity contribution in [2.24, 2.45) is 23.7 Å². The molecule has 3 rings (SSSR count). The quantitative estimate of drug-likeness (QED) is 0.0903. The summed E-state index contributed by atoms with van der Waals surface area (Å²) < 4.78 is 26.5. The van der Waals surface area contributed by atoms with Crippen LogP contribution in [-0.2, 0) is 0 Å². The lowest BCUT2D eigenvalue weighted by Gasteiger charge is -2.23. The monoisotopic (exact) mass is 646 g/mol. The van der Waals surface area contributed by atoms with Gasteiger partial charge in [0.2, 0.25) is 0 Å². The first-order valence-corrected chi connectivity index (χ1v) is 17.7. The Labute approximate surface area is 277 Å². The van der Waals surface area contributed by atoms with E-state index in [2.05, 4.69) is 55.4 Å². The van der Waals surface area contributed by atoms with Gasteiger partial charge in [-0.3, -0.25) is 0 Å². The van der Waals surface area contributed by atoms with Crippen molar-refractivity contribution in [1.29, 1.82) is 0 Å². The van der Waals surface area contributed by atoms with Crippen LogP contribution < -0.4 is 18.9 Å². The summed E-state index contributed by atoms with van der Waals surface area (Å²) in [4.78, 5) is 0. The first kappa shape index (κ1) is 36.4. The van der Waals surface area contributed by atoms with Gasteiger partial charge in [-0.2, -0.15) is 0 Å². The third-order valence-corrected chi connectivity index (χ3v) is 8.57. The van der Waals surface area contributed by atoms with E-state index in [9.17, 15) is 0 Å². The fourth-order valence-corrected chi connectivity index (χ4v) is 5.75. The average molecular weight is 648 g/mol. The molecule has 3 aromatic rings. The lowest BCUT2D eigenvalue weighted by molar-refractivity contribution is 0.284. The molecule has 0 aromatic heterocycles. The molecule has 0 N–H and O–H groups in total. The van der Waals surface area contributed by atoms with E-state index in [4.69, 9.17) is 42.1 Å². The highest BCUT2D eigenvalue weighted by Crippen LogP contribution is 2.51. The van der Waals surface area contributed by atoms with Crippen LogP contribution in [0.5, 0.6) is 23.0 Å². The summed E-state index contributed by atoms with van der Waals surface area (Å²) in [5, 5.41) is 4.47. The Bertz CT molecular complexity index is 1220. The molecule has 0 atom stereocenters. The van der Waals surface area contributed by atoms with Gasteiger partial charge in [-0.1, -0.05) is 78.6 Å². The molecule has 3 aromatic carbocycles. The van der Waals surface area contributed by atoms with E-state index in [1.165, 1.54) is 0 Å². The molecule has 0 aliphatic rings. The summed E-state index contributed by atoms with van der Waals surface area (Å²) in [5.41, 5.74) is 0. The molecule has 44 heavy (non-hydrogen) atoms. The van der Waals surface area contributed by atoms with E-state index in [0.717, 1.165) is 95.9 Å². The summed E-state index contributed by atoms with van der Waals surface area (Å²) in [6.07, 6.45) is 8.24. The average Bonchev–Trinajstić information content (AvgIpc) is 2.95.